The summed E-state index contributed by atoms with van der Waals surface area (Å²) in [5, 5.41) is 17.6. The lowest BCUT2D eigenvalue weighted by molar-refractivity contribution is -0.141. The summed E-state index contributed by atoms with van der Waals surface area (Å²) in [6.45, 7) is 1.95. The molecule has 1 unspecified atom stereocenters. The van der Waals surface area contributed by atoms with Crippen molar-refractivity contribution in [1.29, 1.82) is 0 Å². The van der Waals surface area contributed by atoms with E-state index in [-0.39, 0.29) is 25.1 Å². The molecule has 0 radical (unpaired) electrons. The molecule has 2 heterocycles. The molecule has 0 bridgehead atoms. The lowest BCUT2D eigenvalue weighted by Gasteiger charge is -2.15. The lowest BCUT2D eigenvalue weighted by atomic mass is 10.1. The molecule has 5 aromatic rings. The number of carboxylic acids is 1. The highest BCUT2D eigenvalue weighted by molar-refractivity contribution is 5.98. The number of carbonyl (C=O) groups is 3. The van der Waals surface area contributed by atoms with Gasteiger partial charge in [0.25, 0.3) is 5.91 Å². The Morgan fingerprint density at radius 2 is 1.70 bits per heavy atom. The zero-order valence-corrected chi connectivity index (χ0v) is 21.8. The molecule has 0 aliphatic rings. The first kappa shape index (κ1) is 26.4. The van der Waals surface area contributed by atoms with Crippen molar-refractivity contribution in [1.82, 2.24) is 14.7 Å². The highest BCUT2D eigenvalue weighted by atomic mass is 16.5. The number of aliphatic carboxylic acids is 1. The van der Waals surface area contributed by atoms with Gasteiger partial charge in [-0.05, 0) is 41.5 Å². The van der Waals surface area contributed by atoms with E-state index in [2.05, 4.69) is 10.6 Å². The zero-order valence-electron chi connectivity index (χ0n) is 21.8. The van der Waals surface area contributed by atoms with Crippen LogP contribution >= 0.6 is 0 Å². The van der Waals surface area contributed by atoms with Crippen LogP contribution in [0.1, 0.15) is 22.8 Å². The topological polar surface area (TPSA) is 122 Å². The van der Waals surface area contributed by atoms with Crippen LogP contribution < -0.4 is 10.6 Å². The first-order chi connectivity index (χ1) is 19.4. The molecule has 0 spiro atoms. The average molecular weight is 537 g/mol. The van der Waals surface area contributed by atoms with Crippen LogP contribution in [0.3, 0.4) is 0 Å². The normalized spacial score (nSPS) is 11.7. The maximum absolute atomic E-state index is 13.1. The molecular formula is C31H28N4O5. The summed E-state index contributed by atoms with van der Waals surface area (Å²) in [5.74, 6) is -1.49. The van der Waals surface area contributed by atoms with Crippen molar-refractivity contribution in [3.63, 3.8) is 0 Å². The zero-order chi connectivity index (χ0) is 28.1. The third-order valence-electron chi connectivity index (χ3n) is 6.50. The van der Waals surface area contributed by atoms with Gasteiger partial charge in [-0.3, -0.25) is 14.0 Å². The number of hydrogen-bond donors (Lipinski definition) is 3. The lowest BCUT2D eigenvalue weighted by Crippen LogP contribution is -2.42. The fraction of sp³-hybridized carbons (Fsp3) is 0.161. The molecule has 0 saturated heterocycles. The van der Waals surface area contributed by atoms with E-state index in [0.29, 0.717) is 17.2 Å². The molecule has 202 valence electrons. The Bertz CT molecular complexity index is 1700. The molecule has 3 aromatic carbocycles. The Morgan fingerprint density at radius 1 is 0.950 bits per heavy atom. The standard InChI is InChI=1S/C31H28N4O5/c1-2-40-27(36)19-32-29-28(23-13-12-21-10-6-7-11-22(21)17-23)34-26-18-24(14-15-35(26)29)30(37)33-25(31(38)39)16-20-8-4-3-5-9-20/h3-15,17-18,25,32H,2,16,19H2,1H3,(H,33,37)(H,38,39). The molecule has 0 fully saturated rings. The van der Waals surface area contributed by atoms with Crippen LogP contribution in [0.4, 0.5) is 5.82 Å². The summed E-state index contributed by atoms with van der Waals surface area (Å²) in [5.41, 5.74) is 2.95. The molecule has 0 aliphatic carbocycles. The summed E-state index contributed by atoms with van der Waals surface area (Å²) < 4.78 is 6.82. The van der Waals surface area contributed by atoms with E-state index in [1.165, 1.54) is 0 Å². The summed E-state index contributed by atoms with van der Waals surface area (Å²) in [7, 11) is 0. The summed E-state index contributed by atoms with van der Waals surface area (Å²) in [6, 6.07) is 25.2. The summed E-state index contributed by atoms with van der Waals surface area (Å²) in [6.07, 6.45) is 1.82. The number of aromatic nitrogens is 2. The van der Waals surface area contributed by atoms with Gasteiger partial charge >= 0.3 is 11.9 Å². The van der Waals surface area contributed by atoms with Crippen molar-refractivity contribution in [2.75, 3.05) is 18.5 Å². The number of rotatable bonds is 10. The van der Waals surface area contributed by atoms with Gasteiger partial charge in [0.05, 0.1) is 6.61 Å². The van der Waals surface area contributed by atoms with Crippen LogP contribution in [0.5, 0.6) is 0 Å². The van der Waals surface area contributed by atoms with Crippen molar-refractivity contribution in [2.24, 2.45) is 0 Å². The first-order valence-electron chi connectivity index (χ1n) is 12.9. The third kappa shape index (κ3) is 5.78. The van der Waals surface area contributed by atoms with Gasteiger partial charge in [-0.1, -0.05) is 66.7 Å². The number of benzene rings is 3. The second-order valence-corrected chi connectivity index (χ2v) is 9.23. The van der Waals surface area contributed by atoms with E-state index in [1.54, 1.807) is 29.7 Å². The van der Waals surface area contributed by atoms with E-state index in [1.807, 2.05) is 72.8 Å². The fourth-order valence-corrected chi connectivity index (χ4v) is 4.55. The minimum absolute atomic E-state index is 0.0652. The van der Waals surface area contributed by atoms with Crippen LogP contribution in [0, 0.1) is 0 Å². The minimum atomic E-state index is -1.12. The predicted octanol–water partition coefficient (Wildman–Crippen LogP) is 4.56. The Balaban J connectivity index is 1.48. The van der Waals surface area contributed by atoms with Crippen molar-refractivity contribution in [3.8, 4) is 11.3 Å². The van der Waals surface area contributed by atoms with Gasteiger partial charge in [-0.2, -0.15) is 0 Å². The SMILES string of the molecule is CCOC(=O)CNc1c(-c2ccc3ccccc3c2)nc2cc(C(=O)NC(Cc3ccccc3)C(=O)O)ccn12. The molecule has 1 atom stereocenters. The van der Waals surface area contributed by atoms with Gasteiger partial charge in [0.1, 0.15) is 29.7 Å². The highest BCUT2D eigenvalue weighted by Gasteiger charge is 2.22. The van der Waals surface area contributed by atoms with E-state index in [9.17, 15) is 19.5 Å². The number of esters is 1. The Labute approximate surface area is 230 Å². The number of carboxylic acid groups (broad SMARTS) is 1. The molecule has 1 amide bonds. The average Bonchev–Trinajstić information content (AvgIpc) is 3.34. The molecule has 3 N–H and O–H groups in total. The van der Waals surface area contributed by atoms with Gasteiger partial charge < -0.3 is 20.5 Å². The molecule has 0 saturated carbocycles. The number of anilines is 1. The van der Waals surface area contributed by atoms with Gasteiger partial charge in [0.15, 0.2) is 0 Å². The maximum atomic E-state index is 13.1. The van der Waals surface area contributed by atoms with E-state index >= 15 is 0 Å². The van der Waals surface area contributed by atoms with Crippen LogP contribution in [-0.4, -0.2) is 51.5 Å². The van der Waals surface area contributed by atoms with Crippen LogP contribution in [0.2, 0.25) is 0 Å². The second kappa shape index (κ2) is 11.7. The molecule has 5 rings (SSSR count). The van der Waals surface area contributed by atoms with Gasteiger partial charge in [-0.15, -0.1) is 0 Å². The monoisotopic (exact) mass is 536 g/mol. The molecule has 2 aromatic heterocycles. The molecule has 9 heteroatoms. The van der Waals surface area contributed by atoms with Crippen LogP contribution in [-0.2, 0) is 20.7 Å². The Morgan fingerprint density at radius 3 is 2.45 bits per heavy atom. The van der Waals surface area contributed by atoms with Crippen molar-refractivity contribution in [3.05, 3.63) is 102 Å². The number of nitrogens with zero attached hydrogens (tertiary/aromatic N) is 2. The second-order valence-electron chi connectivity index (χ2n) is 9.23. The highest BCUT2D eigenvalue weighted by Crippen LogP contribution is 2.31. The van der Waals surface area contributed by atoms with E-state index in [0.717, 1.165) is 21.9 Å². The minimum Gasteiger partial charge on any atom is -0.480 e. The van der Waals surface area contributed by atoms with Crippen molar-refractivity contribution in [2.45, 2.75) is 19.4 Å². The molecule has 0 aliphatic heterocycles. The van der Waals surface area contributed by atoms with Gasteiger partial charge in [0.2, 0.25) is 0 Å². The van der Waals surface area contributed by atoms with Crippen LogP contribution in [0.15, 0.2) is 91.1 Å². The van der Waals surface area contributed by atoms with Gasteiger partial charge in [0, 0.05) is 23.7 Å². The smallest absolute Gasteiger partial charge is 0.326 e. The number of fused-ring (bicyclic) bond motifs is 2. The number of imidazole rings is 1. The number of carbonyl (C=O) groups excluding carboxylic acids is 2. The van der Waals surface area contributed by atoms with E-state index in [4.69, 9.17) is 9.72 Å². The first-order valence-corrected chi connectivity index (χ1v) is 12.9. The number of amides is 1. The Hall–Kier alpha value is -5.18. The van der Waals surface area contributed by atoms with Crippen molar-refractivity contribution >= 4 is 40.1 Å². The summed E-state index contributed by atoms with van der Waals surface area (Å²) in [4.78, 5) is 41.9. The summed E-state index contributed by atoms with van der Waals surface area (Å²) >= 11 is 0. The number of pyridine rings is 1. The predicted molar refractivity (Wildman–Crippen MR) is 152 cm³/mol. The Kier molecular flexibility index (Phi) is 7.72. The van der Waals surface area contributed by atoms with Gasteiger partial charge in [-0.25, -0.2) is 9.78 Å². The maximum Gasteiger partial charge on any atom is 0.326 e. The molecule has 9 nitrogen and oxygen atoms in total. The number of ether oxygens (including phenoxy) is 1. The molecular weight excluding hydrogens is 508 g/mol. The van der Waals surface area contributed by atoms with Crippen LogP contribution in [0.25, 0.3) is 27.7 Å². The molecule has 40 heavy (non-hydrogen) atoms. The fourth-order valence-electron chi connectivity index (χ4n) is 4.55. The largest absolute Gasteiger partial charge is 0.480 e. The number of hydrogen-bond acceptors (Lipinski definition) is 6. The van der Waals surface area contributed by atoms with Crippen molar-refractivity contribution < 1.29 is 24.2 Å². The quantitative estimate of drug-likeness (QED) is 0.224. The number of nitrogens with one attached hydrogen (secondary N) is 2. The third-order valence-corrected chi connectivity index (χ3v) is 6.50. The van der Waals surface area contributed by atoms with E-state index < -0.39 is 23.9 Å².